The van der Waals surface area contributed by atoms with E-state index in [9.17, 15) is 0 Å². The Morgan fingerprint density at radius 1 is 1.19 bits per heavy atom. The van der Waals surface area contributed by atoms with Crippen LogP contribution >= 0.6 is 11.6 Å². The zero-order valence-electron chi connectivity index (χ0n) is 11.2. The van der Waals surface area contributed by atoms with E-state index in [1.54, 1.807) is 25.3 Å². The van der Waals surface area contributed by atoms with Gasteiger partial charge in [0.1, 0.15) is 5.75 Å². The quantitative estimate of drug-likeness (QED) is 0.747. The molecule has 0 unspecified atom stereocenters. The number of hydrogen-bond acceptors (Lipinski definition) is 5. The maximum atomic E-state index is 5.97. The van der Waals surface area contributed by atoms with E-state index in [2.05, 4.69) is 10.1 Å². The van der Waals surface area contributed by atoms with Crippen LogP contribution in [-0.4, -0.2) is 17.3 Å². The molecule has 1 aromatic heterocycles. The minimum Gasteiger partial charge on any atom is -0.497 e. The number of rotatable bonds is 3. The molecule has 2 aromatic carbocycles. The predicted octanol–water partition coefficient (Wildman–Crippen LogP) is 3.65. The Balaban J connectivity index is 2.01. The van der Waals surface area contributed by atoms with Crippen molar-refractivity contribution in [2.24, 2.45) is 0 Å². The minimum absolute atomic E-state index is 0.327. The van der Waals surface area contributed by atoms with E-state index in [0.29, 0.717) is 28.0 Å². The Labute approximate surface area is 126 Å². The predicted molar refractivity (Wildman–Crippen MR) is 81.1 cm³/mol. The standard InChI is InChI=1S/C15H12ClN3O2/c1-20-11-4-2-3-9(7-11)14-18-15(21-19-14)12-8-10(16)5-6-13(12)17/h2-8H,17H2,1H3. The van der Waals surface area contributed by atoms with Gasteiger partial charge in [0.05, 0.1) is 12.7 Å². The number of benzene rings is 2. The molecule has 0 aliphatic carbocycles. The van der Waals surface area contributed by atoms with Crippen LogP contribution in [0.3, 0.4) is 0 Å². The number of anilines is 1. The summed E-state index contributed by atoms with van der Waals surface area (Å²) >= 11 is 5.97. The van der Waals surface area contributed by atoms with E-state index in [1.165, 1.54) is 0 Å². The highest BCUT2D eigenvalue weighted by Crippen LogP contribution is 2.29. The highest BCUT2D eigenvalue weighted by Gasteiger charge is 2.14. The van der Waals surface area contributed by atoms with Crippen molar-refractivity contribution in [1.29, 1.82) is 0 Å². The first-order valence-electron chi connectivity index (χ1n) is 6.21. The zero-order chi connectivity index (χ0) is 14.8. The Morgan fingerprint density at radius 2 is 2.05 bits per heavy atom. The van der Waals surface area contributed by atoms with Gasteiger partial charge in [-0.05, 0) is 30.3 Å². The van der Waals surface area contributed by atoms with Crippen molar-refractivity contribution in [2.75, 3.05) is 12.8 Å². The van der Waals surface area contributed by atoms with Crippen molar-refractivity contribution in [1.82, 2.24) is 10.1 Å². The number of ether oxygens (including phenoxy) is 1. The lowest BCUT2D eigenvalue weighted by Gasteiger charge is -2.01. The molecule has 0 radical (unpaired) electrons. The van der Waals surface area contributed by atoms with Gasteiger partial charge in [0.25, 0.3) is 5.89 Å². The molecule has 0 atom stereocenters. The number of halogens is 1. The molecule has 0 saturated carbocycles. The second-order valence-electron chi connectivity index (χ2n) is 4.39. The number of aromatic nitrogens is 2. The largest absolute Gasteiger partial charge is 0.497 e. The third kappa shape index (κ3) is 2.68. The molecule has 0 bridgehead atoms. The molecule has 3 aromatic rings. The number of methoxy groups -OCH3 is 1. The first-order chi connectivity index (χ1) is 10.2. The highest BCUT2D eigenvalue weighted by atomic mass is 35.5. The Hall–Kier alpha value is -2.53. The third-order valence-electron chi connectivity index (χ3n) is 3.00. The molecule has 2 N–H and O–H groups in total. The van der Waals surface area contributed by atoms with Crippen LogP contribution in [-0.2, 0) is 0 Å². The second kappa shape index (κ2) is 5.46. The zero-order valence-corrected chi connectivity index (χ0v) is 12.0. The van der Waals surface area contributed by atoms with Crippen molar-refractivity contribution in [3.8, 4) is 28.6 Å². The van der Waals surface area contributed by atoms with Crippen LogP contribution in [0.1, 0.15) is 0 Å². The lowest BCUT2D eigenvalue weighted by atomic mass is 10.2. The summed E-state index contributed by atoms with van der Waals surface area (Å²) in [6, 6.07) is 12.5. The first kappa shape index (κ1) is 13.5. The van der Waals surface area contributed by atoms with Gasteiger partial charge in [-0.2, -0.15) is 4.98 Å². The van der Waals surface area contributed by atoms with Crippen molar-refractivity contribution in [3.63, 3.8) is 0 Å². The number of nitrogen functional groups attached to an aromatic ring is 1. The average Bonchev–Trinajstić information content (AvgIpc) is 2.99. The van der Waals surface area contributed by atoms with E-state index >= 15 is 0 Å². The van der Waals surface area contributed by atoms with E-state index in [-0.39, 0.29) is 0 Å². The molecule has 1 heterocycles. The van der Waals surface area contributed by atoms with E-state index in [4.69, 9.17) is 26.6 Å². The van der Waals surface area contributed by atoms with Crippen LogP contribution in [0.5, 0.6) is 5.75 Å². The van der Waals surface area contributed by atoms with Gasteiger partial charge in [-0.15, -0.1) is 0 Å². The van der Waals surface area contributed by atoms with Crippen LogP contribution in [0.2, 0.25) is 5.02 Å². The fraction of sp³-hybridized carbons (Fsp3) is 0.0667. The molecule has 0 saturated heterocycles. The van der Waals surface area contributed by atoms with Crippen LogP contribution < -0.4 is 10.5 Å². The summed E-state index contributed by atoms with van der Waals surface area (Å²) in [5.41, 5.74) is 7.85. The van der Waals surface area contributed by atoms with Crippen LogP contribution in [0.15, 0.2) is 47.0 Å². The van der Waals surface area contributed by atoms with Gasteiger partial charge in [0, 0.05) is 16.3 Å². The van der Waals surface area contributed by atoms with Gasteiger partial charge >= 0.3 is 0 Å². The summed E-state index contributed by atoms with van der Waals surface area (Å²) in [6.07, 6.45) is 0. The molecule has 21 heavy (non-hydrogen) atoms. The topological polar surface area (TPSA) is 74.2 Å². The second-order valence-corrected chi connectivity index (χ2v) is 4.82. The lowest BCUT2D eigenvalue weighted by Crippen LogP contribution is -1.90. The smallest absolute Gasteiger partial charge is 0.260 e. The van der Waals surface area contributed by atoms with Crippen molar-refractivity contribution in [2.45, 2.75) is 0 Å². The fourth-order valence-electron chi connectivity index (χ4n) is 1.93. The molecule has 0 spiro atoms. The van der Waals surface area contributed by atoms with Gasteiger partial charge < -0.3 is 15.0 Å². The van der Waals surface area contributed by atoms with E-state index in [1.807, 2.05) is 24.3 Å². The lowest BCUT2D eigenvalue weighted by molar-refractivity contribution is 0.414. The van der Waals surface area contributed by atoms with Crippen LogP contribution in [0.25, 0.3) is 22.8 Å². The molecule has 0 fully saturated rings. The van der Waals surface area contributed by atoms with Crippen molar-refractivity contribution >= 4 is 17.3 Å². The summed E-state index contributed by atoms with van der Waals surface area (Å²) in [5, 5.41) is 4.52. The Kier molecular flexibility index (Phi) is 3.50. The van der Waals surface area contributed by atoms with Gasteiger partial charge in [0.2, 0.25) is 5.82 Å². The maximum Gasteiger partial charge on any atom is 0.260 e. The maximum absolute atomic E-state index is 5.97. The summed E-state index contributed by atoms with van der Waals surface area (Å²) in [7, 11) is 1.60. The van der Waals surface area contributed by atoms with Gasteiger partial charge in [-0.1, -0.05) is 28.9 Å². The molecule has 3 rings (SSSR count). The first-order valence-corrected chi connectivity index (χ1v) is 6.58. The summed E-state index contributed by atoms with van der Waals surface area (Å²) in [4.78, 5) is 4.36. The summed E-state index contributed by atoms with van der Waals surface area (Å²) in [5.74, 6) is 1.51. The molecule has 0 amide bonds. The molecule has 6 heteroatoms. The van der Waals surface area contributed by atoms with Gasteiger partial charge in [-0.3, -0.25) is 0 Å². The summed E-state index contributed by atoms with van der Waals surface area (Å²) in [6.45, 7) is 0. The number of hydrogen-bond donors (Lipinski definition) is 1. The Morgan fingerprint density at radius 3 is 2.86 bits per heavy atom. The SMILES string of the molecule is COc1cccc(-c2noc(-c3cc(Cl)ccc3N)n2)c1. The molecular formula is C15H12ClN3O2. The highest BCUT2D eigenvalue weighted by molar-refractivity contribution is 6.31. The molecule has 0 aliphatic heterocycles. The van der Waals surface area contributed by atoms with Crippen molar-refractivity contribution in [3.05, 3.63) is 47.5 Å². The molecule has 0 aliphatic rings. The van der Waals surface area contributed by atoms with Crippen LogP contribution in [0.4, 0.5) is 5.69 Å². The minimum atomic E-state index is 0.327. The monoisotopic (exact) mass is 301 g/mol. The van der Waals surface area contributed by atoms with Crippen molar-refractivity contribution < 1.29 is 9.26 Å². The van der Waals surface area contributed by atoms with Crippen LogP contribution in [0, 0.1) is 0 Å². The van der Waals surface area contributed by atoms with E-state index in [0.717, 1.165) is 11.3 Å². The molecule has 106 valence electrons. The third-order valence-corrected chi connectivity index (χ3v) is 3.23. The summed E-state index contributed by atoms with van der Waals surface area (Å²) < 4.78 is 10.5. The van der Waals surface area contributed by atoms with E-state index < -0.39 is 0 Å². The van der Waals surface area contributed by atoms with Gasteiger partial charge in [-0.25, -0.2) is 0 Å². The fourth-order valence-corrected chi connectivity index (χ4v) is 2.10. The number of nitrogens with two attached hydrogens (primary N) is 1. The molecular weight excluding hydrogens is 290 g/mol. The number of nitrogens with zero attached hydrogens (tertiary/aromatic N) is 2. The molecule has 5 nitrogen and oxygen atoms in total. The Bertz CT molecular complexity index is 786. The average molecular weight is 302 g/mol. The normalized spacial score (nSPS) is 10.6. The van der Waals surface area contributed by atoms with Gasteiger partial charge in [0.15, 0.2) is 0 Å².